The molecule has 0 aliphatic heterocycles. The summed E-state index contributed by atoms with van der Waals surface area (Å²) in [7, 11) is 5.04. The van der Waals surface area contributed by atoms with Crippen molar-refractivity contribution in [2.24, 2.45) is 5.41 Å². The topological polar surface area (TPSA) is 81.2 Å². The fraction of sp³-hybridized carbons (Fsp3) is 0.750. The molecule has 1 heterocycles. The third kappa shape index (κ3) is 3.66. The van der Waals surface area contributed by atoms with Crippen LogP contribution in [-0.2, 0) is 4.74 Å². The summed E-state index contributed by atoms with van der Waals surface area (Å²) in [6.45, 7) is 1.65. The molecular formula is C12H21N5O2. The Bertz CT molecular complexity index is 400. The summed E-state index contributed by atoms with van der Waals surface area (Å²) in [5.41, 5.74) is 0.343. The van der Waals surface area contributed by atoms with Gasteiger partial charge in [-0.2, -0.15) is 15.0 Å². The molecule has 0 saturated heterocycles. The first-order chi connectivity index (χ1) is 9.21. The van der Waals surface area contributed by atoms with Crippen LogP contribution in [0, 0.1) is 5.41 Å². The molecule has 1 saturated carbocycles. The zero-order chi connectivity index (χ0) is 13.7. The molecule has 0 amide bonds. The maximum atomic E-state index is 5.14. The van der Waals surface area contributed by atoms with Gasteiger partial charge in [0.05, 0.1) is 7.11 Å². The van der Waals surface area contributed by atoms with Gasteiger partial charge in [-0.1, -0.05) is 0 Å². The first-order valence-electron chi connectivity index (χ1n) is 6.42. The standard InChI is InChI=1S/C12H21N5O2/c1-13-9-15-10(17-11(16-9)19-3)14-8-12(4-5-12)6-7-18-2/h4-8H2,1-3H3,(H2,13,14,15,16,17). The van der Waals surface area contributed by atoms with Gasteiger partial charge in [-0.25, -0.2) is 0 Å². The summed E-state index contributed by atoms with van der Waals surface area (Å²) in [6.07, 6.45) is 3.52. The SMILES string of the molecule is CNc1nc(NCC2(CCOC)CC2)nc(OC)n1. The Morgan fingerprint density at radius 2 is 1.89 bits per heavy atom. The van der Waals surface area contributed by atoms with E-state index in [1.54, 1.807) is 21.3 Å². The first kappa shape index (κ1) is 13.8. The molecule has 1 aromatic rings. The Kier molecular flexibility index (Phi) is 4.36. The lowest BCUT2D eigenvalue weighted by Crippen LogP contribution is -2.19. The number of ether oxygens (including phenoxy) is 2. The average molecular weight is 267 g/mol. The molecule has 7 nitrogen and oxygen atoms in total. The number of nitrogens with one attached hydrogen (secondary N) is 2. The molecule has 0 bridgehead atoms. The van der Waals surface area contributed by atoms with Crippen LogP contribution < -0.4 is 15.4 Å². The number of aromatic nitrogens is 3. The summed E-state index contributed by atoms with van der Waals surface area (Å²) in [4.78, 5) is 12.5. The van der Waals surface area contributed by atoms with Crippen LogP contribution in [0.2, 0.25) is 0 Å². The van der Waals surface area contributed by atoms with Gasteiger partial charge in [-0.3, -0.25) is 0 Å². The molecule has 0 atom stereocenters. The average Bonchev–Trinajstić information content (AvgIpc) is 3.23. The van der Waals surface area contributed by atoms with E-state index in [0.717, 1.165) is 19.6 Å². The minimum absolute atomic E-state index is 0.309. The molecule has 0 radical (unpaired) electrons. The monoisotopic (exact) mass is 267 g/mol. The number of nitrogens with zero attached hydrogens (tertiary/aromatic N) is 3. The maximum absolute atomic E-state index is 5.14. The fourth-order valence-electron chi connectivity index (χ4n) is 1.92. The van der Waals surface area contributed by atoms with E-state index in [4.69, 9.17) is 9.47 Å². The van der Waals surface area contributed by atoms with Crippen LogP contribution in [0.1, 0.15) is 19.3 Å². The lowest BCUT2D eigenvalue weighted by atomic mass is 10.0. The predicted octanol–water partition coefficient (Wildman–Crippen LogP) is 1.15. The Hall–Kier alpha value is -1.63. The van der Waals surface area contributed by atoms with Crippen LogP contribution in [-0.4, -0.2) is 49.4 Å². The minimum Gasteiger partial charge on any atom is -0.467 e. The van der Waals surface area contributed by atoms with Gasteiger partial charge in [-0.05, 0) is 24.7 Å². The van der Waals surface area contributed by atoms with Crippen molar-refractivity contribution in [3.8, 4) is 6.01 Å². The zero-order valence-electron chi connectivity index (χ0n) is 11.7. The maximum Gasteiger partial charge on any atom is 0.322 e. The van der Waals surface area contributed by atoms with Crippen molar-refractivity contribution < 1.29 is 9.47 Å². The highest BCUT2D eigenvalue weighted by Crippen LogP contribution is 2.48. The highest BCUT2D eigenvalue weighted by atomic mass is 16.5. The normalized spacial score (nSPS) is 15.9. The van der Waals surface area contributed by atoms with E-state index in [0.29, 0.717) is 23.3 Å². The molecule has 1 aliphatic rings. The van der Waals surface area contributed by atoms with E-state index < -0.39 is 0 Å². The largest absolute Gasteiger partial charge is 0.467 e. The van der Waals surface area contributed by atoms with E-state index >= 15 is 0 Å². The van der Waals surface area contributed by atoms with Crippen LogP contribution in [0.5, 0.6) is 6.01 Å². The van der Waals surface area contributed by atoms with Crippen molar-refractivity contribution in [3.05, 3.63) is 0 Å². The van der Waals surface area contributed by atoms with E-state index in [9.17, 15) is 0 Å². The number of methoxy groups -OCH3 is 2. The molecule has 106 valence electrons. The van der Waals surface area contributed by atoms with Crippen LogP contribution in [0.3, 0.4) is 0 Å². The third-order valence-corrected chi connectivity index (χ3v) is 3.44. The number of hydrogen-bond donors (Lipinski definition) is 2. The summed E-state index contributed by atoms with van der Waals surface area (Å²) in [5, 5.41) is 6.15. The van der Waals surface area contributed by atoms with E-state index in [2.05, 4.69) is 25.6 Å². The van der Waals surface area contributed by atoms with Gasteiger partial charge in [0.25, 0.3) is 0 Å². The molecule has 2 N–H and O–H groups in total. The molecule has 1 aliphatic carbocycles. The smallest absolute Gasteiger partial charge is 0.322 e. The van der Waals surface area contributed by atoms with Crippen molar-refractivity contribution in [2.75, 3.05) is 45.1 Å². The van der Waals surface area contributed by atoms with E-state index in [-0.39, 0.29) is 0 Å². The van der Waals surface area contributed by atoms with Gasteiger partial charge >= 0.3 is 6.01 Å². The molecule has 1 fully saturated rings. The van der Waals surface area contributed by atoms with Crippen molar-refractivity contribution in [1.29, 1.82) is 0 Å². The Balaban J connectivity index is 1.95. The molecular weight excluding hydrogens is 246 g/mol. The second-order valence-electron chi connectivity index (χ2n) is 4.82. The zero-order valence-corrected chi connectivity index (χ0v) is 11.7. The minimum atomic E-state index is 0.309. The van der Waals surface area contributed by atoms with Gasteiger partial charge in [0.1, 0.15) is 0 Å². The molecule has 19 heavy (non-hydrogen) atoms. The lowest BCUT2D eigenvalue weighted by Gasteiger charge is -2.15. The van der Waals surface area contributed by atoms with Crippen LogP contribution in [0.25, 0.3) is 0 Å². The summed E-state index contributed by atoms with van der Waals surface area (Å²) in [5.74, 6) is 1.04. The van der Waals surface area contributed by atoms with Gasteiger partial charge < -0.3 is 20.1 Å². The Morgan fingerprint density at radius 1 is 1.16 bits per heavy atom. The Labute approximate surface area is 113 Å². The fourth-order valence-corrected chi connectivity index (χ4v) is 1.92. The van der Waals surface area contributed by atoms with Crippen LogP contribution in [0.15, 0.2) is 0 Å². The molecule has 0 unspecified atom stereocenters. The second-order valence-corrected chi connectivity index (χ2v) is 4.82. The summed E-state index contributed by atoms with van der Waals surface area (Å²) in [6, 6.07) is 0.309. The quantitative estimate of drug-likeness (QED) is 0.731. The first-order valence-corrected chi connectivity index (χ1v) is 6.42. The van der Waals surface area contributed by atoms with E-state index in [1.165, 1.54) is 12.8 Å². The van der Waals surface area contributed by atoms with E-state index in [1.807, 2.05) is 0 Å². The summed E-state index contributed by atoms with van der Waals surface area (Å²) >= 11 is 0. The Morgan fingerprint density at radius 3 is 2.47 bits per heavy atom. The van der Waals surface area contributed by atoms with Crippen molar-refractivity contribution in [1.82, 2.24) is 15.0 Å². The van der Waals surface area contributed by atoms with Gasteiger partial charge in [0, 0.05) is 27.3 Å². The predicted molar refractivity (Wildman–Crippen MR) is 72.6 cm³/mol. The summed E-state index contributed by atoms with van der Waals surface area (Å²) < 4.78 is 10.2. The van der Waals surface area contributed by atoms with Gasteiger partial charge in [0.2, 0.25) is 11.9 Å². The molecule has 0 spiro atoms. The highest BCUT2D eigenvalue weighted by Gasteiger charge is 2.41. The number of anilines is 2. The van der Waals surface area contributed by atoms with Crippen LogP contribution in [0.4, 0.5) is 11.9 Å². The highest BCUT2D eigenvalue weighted by molar-refractivity contribution is 5.35. The van der Waals surface area contributed by atoms with Gasteiger partial charge in [0.15, 0.2) is 0 Å². The third-order valence-electron chi connectivity index (χ3n) is 3.44. The van der Waals surface area contributed by atoms with Crippen LogP contribution >= 0.6 is 0 Å². The van der Waals surface area contributed by atoms with Gasteiger partial charge in [-0.15, -0.1) is 0 Å². The second kappa shape index (κ2) is 6.01. The van der Waals surface area contributed by atoms with Crippen molar-refractivity contribution >= 4 is 11.9 Å². The molecule has 0 aromatic carbocycles. The lowest BCUT2D eigenvalue weighted by molar-refractivity contribution is 0.174. The van der Waals surface area contributed by atoms with Crippen molar-refractivity contribution in [2.45, 2.75) is 19.3 Å². The molecule has 2 rings (SSSR count). The van der Waals surface area contributed by atoms with Crippen molar-refractivity contribution in [3.63, 3.8) is 0 Å². The number of rotatable bonds is 8. The molecule has 1 aromatic heterocycles. The molecule has 7 heteroatoms. The number of hydrogen-bond acceptors (Lipinski definition) is 7.